The Bertz CT molecular complexity index is 487. The molecule has 1 fully saturated rings. The van der Waals surface area contributed by atoms with E-state index in [0.717, 1.165) is 24.3 Å². The maximum atomic E-state index is 12.8. The number of hydrogen-bond acceptors (Lipinski definition) is 3. The van der Waals surface area contributed by atoms with Crippen LogP contribution < -0.4 is 5.32 Å². The van der Waals surface area contributed by atoms with Gasteiger partial charge in [-0.3, -0.25) is 0 Å². The largest absolute Gasteiger partial charge is 0.312 e. The van der Waals surface area contributed by atoms with Gasteiger partial charge in [-0.2, -0.15) is 0 Å². The van der Waals surface area contributed by atoms with Crippen LogP contribution in [0.25, 0.3) is 11.3 Å². The lowest BCUT2D eigenvalue weighted by Crippen LogP contribution is -2.44. The molecular weight excluding hydrogens is 207 g/mol. The van der Waals surface area contributed by atoms with E-state index in [0.29, 0.717) is 6.04 Å². The average molecular weight is 218 g/mol. The van der Waals surface area contributed by atoms with Crippen molar-refractivity contribution in [2.24, 2.45) is 0 Å². The summed E-state index contributed by atoms with van der Waals surface area (Å²) in [5, 5.41) is 11.2. The minimum absolute atomic E-state index is 0.229. The summed E-state index contributed by atoms with van der Waals surface area (Å²) in [5.74, 6) is -0.229. The zero-order valence-corrected chi connectivity index (χ0v) is 8.60. The number of benzene rings is 1. The van der Waals surface area contributed by atoms with Gasteiger partial charge in [-0.25, -0.2) is 9.07 Å². The first-order valence-corrected chi connectivity index (χ1v) is 5.21. The predicted molar refractivity (Wildman–Crippen MR) is 57.3 cm³/mol. The Kier molecular flexibility index (Phi) is 2.18. The third kappa shape index (κ3) is 1.49. The van der Waals surface area contributed by atoms with Gasteiger partial charge >= 0.3 is 0 Å². The van der Waals surface area contributed by atoms with E-state index in [4.69, 9.17) is 0 Å². The summed E-state index contributed by atoms with van der Waals surface area (Å²) in [6.07, 6.45) is 1.71. The SMILES string of the molecule is Fc1ccc(-c2cnnn2C2CNC2)cc1. The van der Waals surface area contributed by atoms with E-state index in [1.807, 2.05) is 4.68 Å². The zero-order valence-electron chi connectivity index (χ0n) is 8.60. The Hall–Kier alpha value is -1.75. The molecule has 1 aromatic heterocycles. The van der Waals surface area contributed by atoms with Gasteiger partial charge in [0.25, 0.3) is 0 Å². The first-order chi connectivity index (χ1) is 7.84. The van der Waals surface area contributed by atoms with Crippen LogP contribution in [0.5, 0.6) is 0 Å². The molecule has 2 aromatic rings. The van der Waals surface area contributed by atoms with Crippen molar-refractivity contribution < 1.29 is 4.39 Å². The molecule has 1 aliphatic heterocycles. The van der Waals surface area contributed by atoms with Crippen LogP contribution in [0, 0.1) is 5.82 Å². The fourth-order valence-electron chi connectivity index (χ4n) is 1.79. The van der Waals surface area contributed by atoms with Gasteiger partial charge in [0.2, 0.25) is 0 Å². The van der Waals surface area contributed by atoms with Crippen LogP contribution in [0.3, 0.4) is 0 Å². The minimum Gasteiger partial charge on any atom is -0.312 e. The van der Waals surface area contributed by atoms with E-state index in [2.05, 4.69) is 15.6 Å². The molecule has 2 heterocycles. The summed E-state index contributed by atoms with van der Waals surface area (Å²) >= 11 is 0. The molecule has 16 heavy (non-hydrogen) atoms. The number of nitrogens with one attached hydrogen (secondary N) is 1. The Morgan fingerprint density at radius 3 is 2.62 bits per heavy atom. The summed E-state index contributed by atoms with van der Waals surface area (Å²) in [5.41, 5.74) is 1.88. The normalized spacial score (nSPS) is 16.1. The lowest BCUT2D eigenvalue weighted by molar-refractivity contribution is 0.315. The van der Waals surface area contributed by atoms with Crippen molar-refractivity contribution >= 4 is 0 Å². The molecule has 1 saturated heterocycles. The molecule has 0 bridgehead atoms. The third-order valence-corrected chi connectivity index (χ3v) is 2.82. The van der Waals surface area contributed by atoms with Crippen molar-refractivity contribution in [3.8, 4) is 11.3 Å². The molecule has 3 rings (SSSR count). The van der Waals surface area contributed by atoms with E-state index in [1.165, 1.54) is 12.1 Å². The minimum atomic E-state index is -0.229. The number of nitrogens with zero attached hydrogens (tertiary/aromatic N) is 3. The topological polar surface area (TPSA) is 42.7 Å². The maximum Gasteiger partial charge on any atom is 0.123 e. The van der Waals surface area contributed by atoms with Gasteiger partial charge in [0, 0.05) is 18.7 Å². The van der Waals surface area contributed by atoms with Gasteiger partial charge in [0.1, 0.15) is 5.82 Å². The quantitative estimate of drug-likeness (QED) is 0.824. The van der Waals surface area contributed by atoms with Crippen molar-refractivity contribution in [2.45, 2.75) is 6.04 Å². The van der Waals surface area contributed by atoms with Gasteiger partial charge < -0.3 is 5.32 Å². The highest BCUT2D eigenvalue weighted by atomic mass is 19.1. The molecule has 5 heteroatoms. The second-order valence-corrected chi connectivity index (χ2v) is 3.88. The van der Waals surface area contributed by atoms with Crippen LogP contribution in [0.1, 0.15) is 6.04 Å². The van der Waals surface area contributed by atoms with Crippen LogP contribution in [-0.2, 0) is 0 Å². The van der Waals surface area contributed by atoms with Gasteiger partial charge in [-0.15, -0.1) is 5.10 Å². The number of hydrogen-bond donors (Lipinski definition) is 1. The smallest absolute Gasteiger partial charge is 0.123 e. The molecule has 4 nitrogen and oxygen atoms in total. The second kappa shape index (κ2) is 3.68. The maximum absolute atomic E-state index is 12.8. The molecule has 82 valence electrons. The van der Waals surface area contributed by atoms with E-state index in [9.17, 15) is 4.39 Å². The highest BCUT2D eigenvalue weighted by Gasteiger charge is 2.22. The Morgan fingerprint density at radius 1 is 1.25 bits per heavy atom. The first kappa shape index (κ1) is 9.47. The van der Waals surface area contributed by atoms with E-state index < -0.39 is 0 Å². The van der Waals surface area contributed by atoms with Gasteiger partial charge in [-0.05, 0) is 24.3 Å². The molecule has 0 unspecified atom stereocenters. The molecule has 1 aliphatic rings. The van der Waals surface area contributed by atoms with E-state index >= 15 is 0 Å². The summed E-state index contributed by atoms with van der Waals surface area (Å²) < 4.78 is 14.7. The van der Waals surface area contributed by atoms with Crippen molar-refractivity contribution in [3.05, 3.63) is 36.3 Å². The van der Waals surface area contributed by atoms with Crippen molar-refractivity contribution in [3.63, 3.8) is 0 Å². The molecule has 0 atom stereocenters. The first-order valence-electron chi connectivity index (χ1n) is 5.21. The van der Waals surface area contributed by atoms with Gasteiger partial charge in [0.05, 0.1) is 17.9 Å². The van der Waals surface area contributed by atoms with Crippen LogP contribution in [0.15, 0.2) is 30.5 Å². The average Bonchev–Trinajstić information content (AvgIpc) is 2.65. The summed E-state index contributed by atoms with van der Waals surface area (Å²) in [6, 6.07) is 6.76. The molecule has 0 aliphatic carbocycles. The van der Waals surface area contributed by atoms with Gasteiger partial charge in [-0.1, -0.05) is 5.21 Å². The molecule has 1 aromatic carbocycles. The standard InChI is InChI=1S/C11H11FN4/c12-9-3-1-8(2-4-9)11-7-14-15-16(11)10-5-13-6-10/h1-4,7,10,13H,5-6H2. The summed E-state index contributed by atoms with van der Waals surface area (Å²) in [6.45, 7) is 1.83. The molecule has 0 saturated carbocycles. The highest BCUT2D eigenvalue weighted by Crippen LogP contribution is 2.22. The van der Waals surface area contributed by atoms with Crippen molar-refractivity contribution in [2.75, 3.05) is 13.1 Å². The van der Waals surface area contributed by atoms with Crippen LogP contribution in [0.4, 0.5) is 4.39 Å². The Balaban J connectivity index is 1.99. The molecule has 0 spiro atoms. The Labute approximate surface area is 92.1 Å². The zero-order chi connectivity index (χ0) is 11.0. The molecule has 0 amide bonds. The molecular formula is C11H11FN4. The molecule has 0 radical (unpaired) electrons. The van der Waals surface area contributed by atoms with Crippen LogP contribution >= 0.6 is 0 Å². The lowest BCUT2D eigenvalue weighted by Gasteiger charge is -2.28. The van der Waals surface area contributed by atoms with E-state index in [-0.39, 0.29) is 5.82 Å². The fourth-order valence-corrected chi connectivity index (χ4v) is 1.79. The number of halogens is 1. The van der Waals surface area contributed by atoms with Gasteiger partial charge in [0.15, 0.2) is 0 Å². The molecule has 1 N–H and O–H groups in total. The number of aromatic nitrogens is 3. The van der Waals surface area contributed by atoms with Crippen molar-refractivity contribution in [1.82, 2.24) is 20.3 Å². The number of rotatable bonds is 2. The summed E-state index contributed by atoms with van der Waals surface area (Å²) in [7, 11) is 0. The Morgan fingerprint density at radius 2 is 2.00 bits per heavy atom. The van der Waals surface area contributed by atoms with Crippen LogP contribution in [0.2, 0.25) is 0 Å². The monoisotopic (exact) mass is 218 g/mol. The van der Waals surface area contributed by atoms with Crippen LogP contribution in [-0.4, -0.2) is 28.1 Å². The highest BCUT2D eigenvalue weighted by molar-refractivity contribution is 5.58. The third-order valence-electron chi connectivity index (χ3n) is 2.82. The fraction of sp³-hybridized carbons (Fsp3) is 0.273. The second-order valence-electron chi connectivity index (χ2n) is 3.88. The predicted octanol–water partition coefficient (Wildman–Crippen LogP) is 1.23. The lowest BCUT2D eigenvalue weighted by atomic mass is 10.1. The van der Waals surface area contributed by atoms with Crippen molar-refractivity contribution in [1.29, 1.82) is 0 Å². The summed E-state index contributed by atoms with van der Waals surface area (Å²) in [4.78, 5) is 0. The van der Waals surface area contributed by atoms with E-state index in [1.54, 1.807) is 18.3 Å².